The van der Waals surface area contributed by atoms with Crippen LogP contribution < -0.4 is 4.74 Å². The van der Waals surface area contributed by atoms with Crippen molar-refractivity contribution < 1.29 is 14.6 Å². The highest BCUT2D eigenvalue weighted by atomic mass is 16.5. The van der Waals surface area contributed by atoms with Crippen molar-refractivity contribution in [2.24, 2.45) is 0 Å². The molecule has 4 heteroatoms. The molecule has 2 aromatic rings. The summed E-state index contributed by atoms with van der Waals surface area (Å²) in [4.78, 5) is 10.6. The Morgan fingerprint density at radius 1 is 1.25 bits per heavy atom. The minimum absolute atomic E-state index is 0.0198. The SMILES string of the molecule is Cc1cccc(C#N)c1Oc1ccc(CC(=O)O)cc1. The van der Waals surface area contributed by atoms with Crippen LogP contribution in [0.3, 0.4) is 0 Å². The lowest BCUT2D eigenvalue weighted by Crippen LogP contribution is -1.99. The van der Waals surface area contributed by atoms with Gasteiger partial charge < -0.3 is 9.84 Å². The number of ether oxygens (including phenoxy) is 1. The molecule has 0 heterocycles. The largest absolute Gasteiger partial charge is 0.481 e. The summed E-state index contributed by atoms with van der Waals surface area (Å²) in [7, 11) is 0. The van der Waals surface area contributed by atoms with E-state index in [-0.39, 0.29) is 6.42 Å². The predicted molar refractivity (Wildman–Crippen MR) is 73.7 cm³/mol. The van der Waals surface area contributed by atoms with Crippen molar-refractivity contribution in [1.82, 2.24) is 0 Å². The van der Waals surface area contributed by atoms with Crippen molar-refractivity contribution in [2.75, 3.05) is 0 Å². The summed E-state index contributed by atoms with van der Waals surface area (Å²) in [6.45, 7) is 1.87. The fourth-order valence-electron chi connectivity index (χ4n) is 1.84. The summed E-state index contributed by atoms with van der Waals surface area (Å²) in [6.07, 6.45) is -0.0198. The van der Waals surface area contributed by atoms with Crippen molar-refractivity contribution in [1.29, 1.82) is 5.26 Å². The second-order valence-electron chi connectivity index (χ2n) is 4.38. The summed E-state index contributed by atoms with van der Waals surface area (Å²) >= 11 is 0. The van der Waals surface area contributed by atoms with E-state index in [1.54, 1.807) is 36.4 Å². The minimum atomic E-state index is -0.871. The molecule has 0 fully saturated rings. The van der Waals surface area contributed by atoms with Crippen molar-refractivity contribution in [3.05, 3.63) is 59.2 Å². The molecular weight excluding hydrogens is 254 g/mol. The Bertz CT molecular complexity index is 669. The number of aliphatic carboxylic acids is 1. The van der Waals surface area contributed by atoms with E-state index in [0.29, 0.717) is 22.6 Å². The van der Waals surface area contributed by atoms with Gasteiger partial charge in [0.15, 0.2) is 0 Å². The highest BCUT2D eigenvalue weighted by Gasteiger charge is 2.08. The molecule has 100 valence electrons. The first-order valence-corrected chi connectivity index (χ1v) is 6.08. The van der Waals surface area contributed by atoms with Gasteiger partial charge in [0.2, 0.25) is 0 Å². The third-order valence-corrected chi connectivity index (χ3v) is 2.83. The highest BCUT2D eigenvalue weighted by Crippen LogP contribution is 2.28. The Morgan fingerprint density at radius 2 is 1.95 bits per heavy atom. The summed E-state index contributed by atoms with van der Waals surface area (Å²) < 4.78 is 5.72. The molecule has 0 unspecified atom stereocenters. The van der Waals surface area contributed by atoms with E-state index < -0.39 is 5.97 Å². The van der Waals surface area contributed by atoms with Gasteiger partial charge in [-0.3, -0.25) is 4.79 Å². The van der Waals surface area contributed by atoms with E-state index in [1.165, 1.54) is 0 Å². The molecule has 0 bridgehead atoms. The van der Waals surface area contributed by atoms with Crippen molar-refractivity contribution in [2.45, 2.75) is 13.3 Å². The van der Waals surface area contributed by atoms with Crippen molar-refractivity contribution in [3.8, 4) is 17.6 Å². The molecule has 2 aromatic carbocycles. The number of nitriles is 1. The van der Waals surface area contributed by atoms with E-state index in [4.69, 9.17) is 15.1 Å². The molecule has 0 aromatic heterocycles. The number of carbonyl (C=O) groups is 1. The molecule has 1 N–H and O–H groups in total. The standard InChI is InChI=1S/C16H13NO3/c1-11-3-2-4-13(10-17)16(11)20-14-7-5-12(6-8-14)9-15(18)19/h2-8H,9H2,1H3,(H,18,19). The van der Waals surface area contributed by atoms with Gasteiger partial charge >= 0.3 is 5.97 Å². The average Bonchev–Trinajstić information content (AvgIpc) is 2.42. The van der Waals surface area contributed by atoms with Crippen LogP contribution in [0, 0.1) is 18.3 Å². The first kappa shape index (κ1) is 13.6. The Morgan fingerprint density at radius 3 is 2.55 bits per heavy atom. The molecule has 20 heavy (non-hydrogen) atoms. The molecule has 0 aliphatic heterocycles. The molecular formula is C16H13NO3. The quantitative estimate of drug-likeness (QED) is 0.922. The van der Waals surface area contributed by atoms with Crippen LogP contribution in [0.2, 0.25) is 0 Å². The maximum atomic E-state index is 10.6. The number of aryl methyl sites for hydroxylation is 1. The second kappa shape index (κ2) is 5.89. The Kier molecular flexibility index (Phi) is 4.02. The van der Waals surface area contributed by atoms with Gasteiger partial charge in [-0.05, 0) is 36.2 Å². The number of para-hydroxylation sites is 1. The average molecular weight is 267 g/mol. The molecule has 0 amide bonds. The normalized spacial score (nSPS) is 9.80. The number of benzene rings is 2. The van der Waals surface area contributed by atoms with E-state index in [1.807, 2.05) is 13.0 Å². The van der Waals surface area contributed by atoms with Gasteiger partial charge in [-0.25, -0.2) is 0 Å². The zero-order chi connectivity index (χ0) is 14.5. The zero-order valence-electron chi connectivity index (χ0n) is 11.0. The lowest BCUT2D eigenvalue weighted by molar-refractivity contribution is -0.136. The molecule has 2 rings (SSSR count). The lowest BCUT2D eigenvalue weighted by Gasteiger charge is -2.10. The number of carboxylic acid groups (broad SMARTS) is 1. The maximum absolute atomic E-state index is 10.6. The minimum Gasteiger partial charge on any atom is -0.481 e. The molecule has 0 atom stereocenters. The van der Waals surface area contributed by atoms with Gasteiger partial charge in [-0.15, -0.1) is 0 Å². The highest BCUT2D eigenvalue weighted by molar-refractivity contribution is 5.70. The fraction of sp³-hybridized carbons (Fsp3) is 0.125. The van der Waals surface area contributed by atoms with Crippen molar-refractivity contribution >= 4 is 5.97 Å². The van der Waals surface area contributed by atoms with E-state index in [9.17, 15) is 4.79 Å². The third kappa shape index (κ3) is 3.15. The summed E-state index contributed by atoms with van der Waals surface area (Å²) in [6, 6.07) is 14.3. The molecule has 0 saturated carbocycles. The Hall–Kier alpha value is -2.80. The number of rotatable bonds is 4. The number of hydrogen-bond acceptors (Lipinski definition) is 3. The van der Waals surface area contributed by atoms with Crippen LogP contribution in [0.5, 0.6) is 11.5 Å². The van der Waals surface area contributed by atoms with Crippen LogP contribution in [0.1, 0.15) is 16.7 Å². The topological polar surface area (TPSA) is 70.3 Å². The molecule has 0 aliphatic rings. The van der Waals surface area contributed by atoms with Gasteiger partial charge in [-0.2, -0.15) is 5.26 Å². The molecule has 0 spiro atoms. The molecule has 4 nitrogen and oxygen atoms in total. The smallest absolute Gasteiger partial charge is 0.307 e. The van der Waals surface area contributed by atoms with E-state index in [2.05, 4.69) is 6.07 Å². The molecule has 0 saturated heterocycles. The predicted octanol–water partition coefficient (Wildman–Crippen LogP) is 3.29. The summed E-state index contributed by atoms with van der Waals surface area (Å²) in [5.74, 6) is 0.232. The van der Waals surface area contributed by atoms with Crippen LogP contribution in [0.15, 0.2) is 42.5 Å². The second-order valence-corrected chi connectivity index (χ2v) is 4.38. The molecule has 0 aliphatic carbocycles. The molecule has 0 radical (unpaired) electrons. The van der Waals surface area contributed by atoms with Crippen LogP contribution in [0.4, 0.5) is 0 Å². The first-order chi connectivity index (χ1) is 9.60. The Labute approximate surface area is 116 Å². The summed E-state index contributed by atoms with van der Waals surface area (Å²) in [5, 5.41) is 17.8. The Balaban J connectivity index is 2.23. The van der Waals surface area contributed by atoms with Crippen molar-refractivity contribution in [3.63, 3.8) is 0 Å². The van der Waals surface area contributed by atoms with E-state index >= 15 is 0 Å². The zero-order valence-corrected chi connectivity index (χ0v) is 11.0. The van der Waals surface area contributed by atoms with Crippen LogP contribution in [-0.4, -0.2) is 11.1 Å². The fourth-order valence-corrected chi connectivity index (χ4v) is 1.84. The van der Waals surface area contributed by atoms with Gasteiger partial charge in [0.05, 0.1) is 12.0 Å². The first-order valence-electron chi connectivity index (χ1n) is 6.08. The number of hydrogen-bond donors (Lipinski definition) is 1. The maximum Gasteiger partial charge on any atom is 0.307 e. The lowest BCUT2D eigenvalue weighted by atomic mass is 10.1. The van der Waals surface area contributed by atoms with Gasteiger partial charge in [-0.1, -0.05) is 24.3 Å². The van der Waals surface area contributed by atoms with Gasteiger partial charge in [0.1, 0.15) is 17.6 Å². The number of carboxylic acids is 1. The van der Waals surface area contributed by atoms with Gasteiger partial charge in [0, 0.05) is 0 Å². The number of nitrogens with zero attached hydrogens (tertiary/aromatic N) is 1. The van der Waals surface area contributed by atoms with Crippen LogP contribution >= 0.6 is 0 Å². The summed E-state index contributed by atoms with van der Waals surface area (Å²) in [5.41, 5.74) is 2.05. The van der Waals surface area contributed by atoms with Crippen LogP contribution in [0.25, 0.3) is 0 Å². The van der Waals surface area contributed by atoms with Crippen LogP contribution in [-0.2, 0) is 11.2 Å². The third-order valence-electron chi connectivity index (χ3n) is 2.83. The monoisotopic (exact) mass is 267 g/mol. The van der Waals surface area contributed by atoms with Gasteiger partial charge in [0.25, 0.3) is 0 Å². The van der Waals surface area contributed by atoms with E-state index in [0.717, 1.165) is 5.56 Å².